The van der Waals surface area contributed by atoms with Gasteiger partial charge in [-0.3, -0.25) is 4.79 Å². The lowest BCUT2D eigenvalue weighted by Crippen LogP contribution is -2.21. The van der Waals surface area contributed by atoms with Crippen LogP contribution >= 0.6 is 0 Å². The standard InChI is InChI=1S/C26H35NO2/c1-6-19-12-20(9-8-17(19)4)24(15-26(28)29-7-2)22-13-23(18(5)25(27)14-22)21-10-16(3)11-21/h8-9,12-14,16,21,24H,6-7,10-11,15,27H2,1-5H3. The first-order valence-corrected chi connectivity index (χ1v) is 11.0. The fourth-order valence-electron chi connectivity index (χ4n) is 4.67. The quantitative estimate of drug-likeness (QED) is 0.460. The summed E-state index contributed by atoms with van der Waals surface area (Å²) >= 11 is 0. The largest absolute Gasteiger partial charge is 0.466 e. The molecule has 1 unspecified atom stereocenters. The van der Waals surface area contributed by atoms with Crippen molar-refractivity contribution in [3.8, 4) is 0 Å². The van der Waals surface area contributed by atoms with Gasteiger partial charge in [-0.25, -0.2) is 0 Å². The highest BCUT2D eigenvalue weighted by atomic mass is 16.5. The minimum Gasteiger partial charge on any atom is -0.466 e. The summed E-state index contributed by atoms with van der Waals surface area (Å²) in [7, 11) is 0. The van der Waals surface area contributed by atoms with E-state index in [9.17, 15) is 4.79 Å². The van der Waals surface area contributed by atoms with E-state index in [4.69, 9.17) is 10.5 Å². The first-order chi connectivity index (χ1) is 13.8. The van der Waals surface area contributed by atoms with Crippen molar-refractivity contribution in [2.45, 2.75) is 72.1 Å². The SMILES string of the molecule is CCOC(=O)CC(c1ccc(C)c(CC)c1)c1cc(N)c(C)c(C2CC(C)C2)c1. The molecular formula is C26H35NO2. The second kappa shape index (κ2) is 9.02. The zero-order valence-corrected chi connectivity index (χ0v) is 18.5. The van der Waals surface area contributed by atoms with Gasteiger partial charge in [-0.2, -0.15) is 0 Å². The average molecular weight is 394 g/mol. The molecule has 1 aliphatic rings. The first kappa shape index (κ1) is 21.4. The third-order valence-corrected chi connectivity index (χ3v) is 6.56. The number of rotatable bonds is 7. The van der Waals surface area contributed by atoms with Gasteiger partial charge in [0.15, 0.2) is 0 Å². The molecule has 3 heteroatoms. The van der Waals surface area contributed by atoms with Crippen molar-refractivity contribution in [2.75, 3.05) is 12.3 Å². The Morgan fingerprint density at radius 2 is 1.86 bits per heavy atom. The molecule has 29 heavy (non-hydrogen) atoms. The number of esters is 1. The van der Waals surface area contributed by atoms with Crippen LogP contribution in [0.25, 0.3) is 0 Å². The number of hydrogen-bond donors (Lipinski definition) is 1. The van der Waals surface area contributed by atoms with Gasteiger partial charge in [-0.15, -0.1) is 0 Å². The molecule has 0 heterocycles. The first-order valence-electron chi connectivity index (χ1n) is 11.0. The van der Waals surface area contributed by atoms with Gasteiger partial charge in [-0.1, -0.05) is 38.1 Å². The van der Waals surface area contributed by atoms with E-state index in [1.165, 1.54) is 35.1 Å². The highest BCUT2D eigenvalue weighted by Crippen LogP contribution is 2.45. The molecule has 2 aromatic carbocycles. The molecule has 156 valence electrons. The molecule has 0 bridgehead atoms. The Balaban J connectivity index is 2.05. The van der Waals surface area contributed by atoms with Crippen LogP contribution in [0.5, 0.6) is 0 Å². The molecule has 1 atom stereocenters. The number of anilines is 1. The summed E-state index contributed by atoms with van der Waals surface area (Å²) in [5.41, 5.74) is 14.7. The van der Waals surface area contributed by atoms with E-state index in [0.717, 1.165) is 29.2 Å². The highest BCUT2D eigenvalue weighted by Gasteiger charge is 2.30. The van der Waals surface area contributed by atoms with Crippen molar-refractivity contribution in [3.63, 3.8) is 0 Å². The van der Waals surface area contributed by atoms with E-state index < -0.39 is 0 Å². The van der Waals surface area contributed by atoms with Gasteiger partial charge < -0.3 is 10.5 Å². The predicted octanol–water partition coefficient (Wildman–Crippen LogP) is 6.05. The summed E-state index contributed by atoms with van der Waals surface area (Å²) in [5.74, 6) is 1.16. The van der Waals surface area contributed by atoms with Gasteiger partial charge in [0, 0.05) is 11.6 Å². The number of carbonyl (C=O) groups excluding carboxylic acids is 1. The monoisotopic (exact) mass is 393 g/mol. The van der Waals surface area contributed by atoms with E-state index in [1.807, 2.05) is 6.92 Å². The molecule has 3 rings (SSSR count). The van der Waals surface area contributed by atoms with Crippen LogP contribution in [0.1, 0.15) is 85.3 Å². The minimum atomic E-state index is -0.158. The molecule has 2 N–H and O–H groups in total. The summed E-state index contributed by atoms with van der Waals surface area (Å²) < 4.78 is 5.30. The van der Waals surface area contributed by atoms with Crippen molar-refractivity contribution in [3.05, 3.63) is 63.7 Å². The summed E-state index contributed by atoms with van der Waals surface area (Å²) in [6, 6.07) is 10.9. The van der Waals surface area contributed by atoms with Crippen LogP contribution in [0.2, 0.25) is 0 Å². The number of aryl methyl sites for hydroxylation is 2. The smallest absolute Gasteiger partial charge is 0.306 e. The molecule has 0 radical (unpaired) electrons. The molecule has 0 saturated heterocycles. The Morgan fingerprint density at radius 3 is 2.48 bits per heavy atom. The maximum atomic E-state index is 12.4. The minimum absolute atomic E-state index is 0.0425. The maximum absolute atomic E-state index is 12.4. The van der Waals surface area contributed by atoms with Crippen molar-refractivity contribution < 1.29 is 9.53 Å². The fraction of sp³-hybridized carbons (Fsp3) is 0.500. The number of benzene rings is 2. The second-order valence-corrected chi connectivity index (χ2v) is 8.70. The third kappa shape index (κ3) is 4.66. The number of carbonyl (C=O) groups is 1. The number of nitrogen functional groups attached to an aromatic ring is 1. The van der Waals surface area contributed by atoms with E-state index in [0.29, 0.717) is 18.9 Å². The van der Waals surface area contributed by atoms with E-state index in [1.54, 1.807) is 0 Å². The molecule has 0 aliphatic heterocycles. The van der Waals surface area contributed by atoms with Gasteiger partial charge in [0.25, 0.3) is 0 Å². The Morgan fingerprint density at radius 1 is 1.14 bits per heavy atom. The topological polar surface area (TPSA) is 52.3 Å². The lowest BCUT2D eigenvalue weighted by molar-refractivity contribution is -0.143. The third-order valence-electron chi connectivity index (χ3n) is 6.56. The summed E-state index contributed by atoms with van der Waals surface area (Å²) in [5, 5.41) is 0. The molecule has 1 aliphatic carbocycles. The number of hydrogen-bond acceptors (Lipinski definition) is 3. The van der Waals surface area contributed by atoms with E-state index in [2.05, 4.69) is 58.0 Å². The van der Waals surface area contributed by atoms with Crippen LogP contribution in [0.15, 0.2) is 30.3 Å². The van der Waals surface area contributed by atoms with Crippen molar-refractivity contribution in [1.29, 1.82) is 0 Å². The van der Waals surface area contributed by atoms with Crippen LogP contribution in [0.4, 0.5) is 5.69 Å². The van der Waals surface area contributed by atoms with E-state index >= 15 is 0 Å². The molecule has 0 amide bonds. The van der Waals surface area contributed by atoms with Crippen LogP contribution in [0.3, 0.4) is 0 Å². The number of nitrogens with two attached hydrogens (primary N) is 1. The Bertz CT molecular complexity index is 881. The molecule has 0 spiro atoms. The van der Waals surface area contributed by atoms with Crippen molar-refractivity contribution in [1.82, 2.24) is 0 Å². The number of ether oxygens (including phenoxy) is 1. The zero-order chi connectivity index (χ0) is 21.1. The highest BCUT2D eigenvalue weighted by molar-refractivity contribution is 5.72. The lowest BCUT2D eigenvalue weighted by atomic mass is 9.70. The molecule has 0 aromatic heterocycles. The molecule has 1 saturated carbocycles. The van der Waals surface area contributed by atoms with Crippen LogP contribution < -0.4 is 5.73 Å². The van der Waals surface area contributed by atoms with Gasteiger partial charge in [-0.05, 0) is 91.3 Å². The average Bonchev–Trinajstić information content (AvgIpc) is 2.67. The molecule has 2 aromatic rings. The molecular weight excluding hydrogens is 358 g/mol. The van der Waals surface area contributed by atoms with Gasteiger partial charge in [0.2, 0.25) is 0 Å². The van der Waals surface area contributed by atoms with Crippen LogP contribution in [-0.4, -0.2) is 12.6 Å². The van der Waals surface area contributed by atoms with E-state index in [-0.39, 0.29) is 11.9 Å². The summed E-state index contributed by atoms with van der Waals surface area (Å²) in [4.78, 5) is 12.4. The second-order valence-electron chi connectivity index (χ2n) is 8.70. The molecule has 1 fully saturated rings. The normalized spacial score (nSPS) is 19.5. The molecule has 3 nitrogen and oxygen atoms in total. The maximum Gasteiger partial charge on any atom is 0.306 e. The Kier molecular flexibility index (Phi) is 6.66. The fourth-order valence-corrected chi connectivity index (χ4v) is 4.67. The zero-order valence-electron chi connectivity index (χ0n) is 18.5. The lowest BCUT2D eigenvalue weighted by Gasteiger charge is -2.35. The van der Waals surface area contributed by atoms with Crippen LogP contribution in [-0.2, 0) is 16.0 Å². The Labute approximate surface area is 175 Å². The van der Waals surface area contributed by atoms with Gasteiger partial charge >= 0.3 is 5.97 Å². The van der Waals surface area contributed by atoms with Gasteiger partial charge in [0.1, 0.15) is 0 Å². The van der Waals surface area contributed by atoms with Crippen LogP contribution in [0, 0.1) is 19.8 Å². The van der Waals surface area contributed by atoms with Crippen molar-refractivity contribution >= 4 is 11.7 Å². The summed E-state index contributed by atoms with van der Waals surface area (Å²) in [6.45, 7) is 11.0. The van der Waals surface area contributed by atoms with Crippen molar-refractivity contribution in [2.24, 2.45) is 5.92 Å². The predicted molar refractivity (Wildman–Crippen MR) is 120 cm³/mol. The Hall–Kier alpha value is -2.29. The van der Waals surface area contributed by atoms with Gasteiger partial charge in [0.05, 0.1) is 13.0 Å². The summed E-state index contributed by atoms with van der Waals surface area (Å²) in [6.07, 6.45) is 3.75.